The summed E-state index contributed by atoms with van der Waals surface area (Å²) in [6.07, 6.45) is -3.18. The van der Waals surface area contributed by atoms with Gasteiger partial charge in [0, 0.05) is 12.5 Å². The fraction of sp³-hybridized carbons (Fsp3) is 0.300. The molecule has 0 saturated heterocycles. The molecule has 4 rings (SSSR count). The molecule has 3 aromatic carbocycles. The number of carboxylic acid groups (broad SMARTS) is 1. The molecule has 2 amide bonds. The Morgan fingerprint density at radius 3 is 2.10 bits per heavy atom. The minimum absolute atomic E-state index is 0.0992. The summed E-state index contributed by atoms with van der Waals surface area (Å²) in [5, 5.41) is 24.6. The molecule has 0 radical (unpaired) electrons. The van der Waals surface area contributed by atoms with Gasteiger partial charge in [-0.05, 0) is 34.7 Å². The van der Waals surface area contributed by atoms with Crippen LogP contribution in [0.2, 0.25) is 0 Å². The van der Waals surface area contributed by atoms with Crippen molar-refractivity contribution in [1.82, 2.24) is 10.6 Å². The van der Waals surface area contributed by atoms with Gasteiger partial charge in [-0.15, -0.1) is 0 Å². The maximum absolute atomic E-state index is 12.4. The first-order valence-electron chi connectivity index (χ1n) is 12.8. The Morgan fingerprint density at radius 1 is 0.897 bits per heavy atom. The van der Waals surface area contributed by atoms with Crippen molar-refractivity contribution in [3.63, 3.8) is 0 Å². The molecule has 0 bridgehead atoms. The first kappa shape index (κ1) is 27.8. The molecule has 0 spiro atoms. The number of benzene rings is 3. The number of carbonyl (C=O) groups excluding carboxylic acids is 2. The Morgan fingerprint density at radius 2 is 1.49 bits per heavy atom. The molecule has 0 aromatic heterocycles. The van der Waals surface area contributed by atoms with Gasteiger partial charge < -0.3 is 30.3 Å². The fourth-order valence-electron chi connectivity index (χ4n) is 4.65. The molecular weight excluding hydrogens is 500 g/mol. The Bertz CT molecular complexity index is 1250. The average Bonchev–Trinajstić information content (AvgIpc) is 3.26. The molecule has 1 unspecified atom stereocenters. The van der Waals surface area contributed by atoms with Gasteiger partial charge in [0.25, 0.3) is 0 Å². The van der Waals surface area contributed by atoms with E-state index >= 15 is 0 Å². The lowest BCUT2D eigenvalue weighted by Crippen LogP contribution is -2.49. The largest absolute Gasteiger partial charge is 0.480 e. The number of fused-ring (bicyclic) bond motifs is 3. The lowest BCUT2D eigenvalue weighted by molar-refractivity contribution is -0.146. The van der Waals surface area contributed by atoms with Crippen molar-refractivity contribution >= 4 is 18.0 Å². The predicted octanol–water partition coefficient (Wildman–Crippen LogP) is 3.45. The predicted molar refractivity (Wildman–Crippen MR) is 144 cm³/mol. The summed E-state index contributed by atoms with van der Waals surface area (Å²) >= 11 is 0. The number of aliphatic hydroxyl groups is 1. The molecule has 0 saturated carbocycles. The number of aliphatic hydroxyl groups excluding tert-OH is 1. The van der Waals surface area contributed by atoms with Crippen LogP contribution < -0.4 is 10.6 Å². The van der Waals surface area contributed by atoms with E-state index in [0.29, 0.717) is 0 Å². The van der Waals surface area contributed by atoms with Gasteiger partial charge in [-0.2, -0.15) is 0 Å². The van der Waals surface area contributed by atoms with Gasteiger partial charge in [0.15, 0.2) is 6.04 Å². The van der Waals surface area contributed by atoms with Gasteiger partial charge in [0.2, 0.25) is 5.91 Å². The molecule has 1 aliphatic carbocycles. The quantitative estimate of drug-likeness (QED) is 0.281. The number of aliphatic carboxylic acids is 1. The van der Waals surface area contributed by atoms with Gasteiger partial charge in [-0.25, -0.2) is 9.59 Å². The van der Waals surface area contributed by atoms with Crippen molar-refractivity contribution in [3.8, 4) is 11.1 Å². The number of carbonyl (C=O) groups is 3. The molecule has 1 aliphatic rings. The van der Waals surface area contributed by atoms with Crippen LogP contribution in [0.15, 0.2) is 78.9 Å². The van der Waals surface area contributed by atoms with Gasteiger partial charge >= 0.3 is 12.1 Å². The van der Waals surface area contributed by atoms with Gasteiger partial charge in [-0.1, -0.05) is 78.9 Å². The van der Waals surface area contributed by atoms with E-state index in [4.69, 9.17) is 9.47 Å². The van der Waals surface area contributed by atoms with Crippen LogP contribution in [0.25, 0.3) is 11.1 Å². The zero-order chi connectivity index (χ0) is 27.8. The minimum atomic E-state index is -1.30. The van der Waals surface area contributed by atoms with E-state index in [1.807, 2.05) is 78.9 Å². The van der Waals surface area contributed by atoms with E-state index < -0.39 is 42.6 Å². The third kappa shape index (κ3) is 7.22. The maximum atomic E-state index is 12.4. The van der Waals surface area contributed by atoms with Gasteiger partial charge in [0.1, 0.15) is 6.61 Å². The molecule has 0 fully saturated rings. The van der Waals surface area contributed by atoms with E-state index in [9.17, 15) is 24.6 Å². The molecule has 3 aromatic rings. The molecule has 204 valence electrons. The number of hydrogen-bond acceptors (Lipinski definition) is 6. The van der Waals surface area contributed by atoms with Crippen LogP contribution in [-0.2, 0) is 25.7 Å². The van der Waals surface area contributed by atoms with Crippen LogP contribution in [0.4, 0.5) is 4.79 Å². The Labute approximate surface area is 226 Å². The van der Waals surface area contributed by atoms with Crippen LogP contribution >= 0.6 is 0 Å². The van der Waals surface area contributed by atoms with Crippen molar-refractivity contribution in [2.24, 2.45) is 0 Å². The summed E-state index contributed by atoms with van der Waals surface area (Å²) in [5.41, 5.74) is 5.26. The SMILES string of the molecule is C[C@H](OCc1ccccc1)[C@@H](NC(=O)CC(O)CNC(=O)OCC1c2ccccc2-c2ccccc21)C(=O)O. The molecule has 0 heterocycles. The fourth-order valence-corrected chi connectivity index (χ4v) is 4.65. The summed E-state index contributed by atoms with van der Waals surface area (Å²) < 4.78 is 11.0. The lowest BCUT2D eigenvalue weighted by Gasteiger charge is -2.22. The van der Waals surface area contributed by atoms with Crippen molar-refractivity contribution in [2.75, 3.05) is 13.2 Å². The van der Waals surface area contributed by atoms with Crippen molar-refractivity contribution in [3.05, 3.63) is 95.6 Å². The van der Waals surface area contributed by atoms with Gasteiger partial charge in [-0.3, -0.25) is 4.79 Å². The van der Waals surface area contributed by atoms with E-state index in [-0.39, 0.29) is 25.7 Å². The van der Waals surface area contributed by atoms with Crippen molar-refractivity contribution in [2.45, 2.75) is 44.1 Å². The lowest BCUT2D eigenvalue weighted by atomic mass is 9.98. The summed E-state index contributed by atoms with van der Waals surface area (Å²) in [5.74, 6) is -2.03. The Balaban J connectivity index is 1.21. The van der Waals surface area contributed by atoms with E-state index in [1.165, 1.54) is 0 Å². The van der Waals surface area contributed by atoms with Crippen LogP contribution in [0.5, 0.6) is 0 Å². The Hall–Kier alpha value is -4.21. The highest BCUT2D eigenvalue weighted by Gasteiger charge is 2.30. The van der Waals surface area contributed by atoms with E-state index in [2.05, 4.69) is 10.6 Å². The monoisotopic (exact) mass is 532 g/mol. The number of alkyl carbamates (subject to hydrolysis) is 1. The summed E-state index contributed by atoms with van der Waals surface area (Å²) in [6.45, 7) is 1.63. The summed E-state index contributed by atoms with van der Waals surface area (Å²) in [7, 11) is 0. The topological polar surface area (TPSA) is 134 Å². The number of carboxylic acids is 1. The first-order chi connectivity index (χ1) is 18.8. The standard InChI is InChI=1S/C30H32N2O7/c1-19(38-17-20-9-3-2-4-10-20)28(29(35)36)32-27(34)15-21(33)16-31-30(37)39-18-26-24-13-7-5-11-22(24)23-12-6-8-14-25(23)26/h2-14,19,21,26,28,33H,15-18H2,1H3,(H,31,37)(H,32,34)(H,35,36)/t19-,21?,28+/m0/s1. The average molecular weight is 533 g/mol. The number of rotatable bonds is 12. The van der Waals surface area contributed by atoms with Crippen molar-refractivity contribution < 1.29 is 34.1 Å². The van der Waals surface area contributed by atoms with Crippen LogP contribution in [0, 0.1) is 0 Å². The maximum Gasteiger partial charge on any atom is 0.407 e. The Kier molecular flexibility index (Phi) is 9.30. The van der Waals surface area contributed by atoms with E-state index in [0.717, 1.165) is 27.8 Å². The second kappa shape index (κ2) is 13.0. The molecule has 4 N–H and O–H groups in total. The normalized spacial score (nSPS) is 14.4. The molecule has 0 aliphatic heterocycles. The van der Waals surface area contributed by atoms with Crippen LogP contribution in [0.3, 0.4) is 0 Å². The zero-order valence-electron chi connectivity index (χ0n) is 21.6. The number of ether oxygens (including phenoxy) is 2. The smallest absolute Gasteiger partial charge is 0.407 e. The first-order valence-corrected chi connectivity index (χ1v) is 12.8. The summed E-state index contributed by atoms with van der Waals surface area (Å²) in [6, 6.07) is 23.9. The second-order valence-electron chi connectivity index (χ2n) is 9.45. The van der Waals surface area contributed by atoms with Crippen LogP contribution in [-0.4, -0.2) is 59.6 Å². The molecule has 9 heteroatoms. The number of nitrogens with one attached hydrogen (secondary N) is 2. The van der Waals surface area contributed by atoms with Crippen molar-refractivity contribution in [1.29, 1.82) is 0 Å². The third-order valence-electron chi connectivity index (χ3n) is 6.65. The highest BCUT2D eigenvalue weighted by Crippen LogP contribution is 2.44. The molecule has 3 atom stereocenters. The zero-order valence-corrected chi connectivity index (χ0v) is 21.6. The molecular formula is C30H32N2O7. The van der Waals surface area contributed by atoms with Crippen LogP contribution in [0.1, 0.15) is 36.0 Å². The molecule has 39 heavy (non-hydrogen) atoms. The summed E-state index contributed by atoms with van der Waals surface area (Å²) in [4.78, 5) is 36.4. The van der Waals surface area contributed by atoms with E-state index in [1.54, 1.807) is 6.92 Å². The number of hydrogen-bond donors (Lipinski definition) is 4. The highest BCUT2D eigenvalue weighted by molar-refractivity contribution is 5.84. The third-order valence-corrected chi connectivity index (χ3v) is 6.65. The van der Waals surface area contributed by atoms with Gasteiger partial charge in [0.05, 0.1) is 25.2 Å². The second-order valence-corrected chi connectivity index (χ2v) is 9.45. The number of amides is 2. The minimum Gasteiger partial charge on any atom is -0.480 e. The highest BCUT2D eigenvalue weighted by atomic mass is 16.5. The molecule has 9 nitrogen and oxygen atoms in total.